The Kier molecular flexibility index (Phi) is 3.30. The Labute approximate surface area is 156 Å². The molecule has 2 aliphatic heterocycles. The number of benzene rings is 1. The maximum Gasteiger partial charge on any atom is 0.296 e. The summed E-state index contributed by atoms with van der Waals surface area (Å²) in [7, 11) is 0. The first-order valence-electron chi connectivity index (χ1n) is 9.33. The molecule has 2 fully saturated rings. The lowest BCUT2D eigenvalue weighted by molar-refractivity contribution is -0.602. The van der Waals surface area contributed by atoms with E-state index in [1.54, 1.807) is 13.0 Å². The van der Waals surface area contributed by atoms with Crippen LogP contribution in [0.5, 0.6) is 11.5 Å². The molecular weight excluding hydrogens is 350 g/mol. The molecule has 0 radical (unpaired) electrons. The van der Waals surface area contributed by atoms with Gasteiger partial charge in [-0.15, -0.1) is 0 Å². The third-order valence-electron chi connectivity index (χ3n) is 6.89. The van der Waals surface area contributed by atoms with Gasteiger partial charge in [0.05, 0.1) is 5.41 Å². The molecule has 2 heterocycles. The zero-order valence-electron chi connectivity index (χ0n) is 15.1. The third kappa shape index (κ3) is 1.87. The molecule has 1 saturated heterocycles. The average molecular weight is 372 g/mol. The van der Waals surface area contributed by atoms with E-state index < -0.39 is 23.4 Å². The van der Waals surface area contributed by atoms with Gasteiger partial charge in [-0.2, -0.15) is 0 Å². The molecular formula is C20H22NO6+. The number of carbonyl (C=O) groups is 2. The molecule has 0 aromatic heterocycles. The quantitative estimate of drug-likeness (QED) is 0.476. The maximum absolute atomic E-state index is 12.8. The highest BCUT2D eigenvalue weighted by Crippen LogP contribution is 2.64. The summed E-state index contributed by atoms with van der Waals surface area (Å²) >= 11 is 0. The van der Waals surface area contributed by atoms with Gasteiger partial charge < -0.3 is 19.3 Å². The molecule has 1 saturated carbocycles. The summed E-state index contributed by atoms with van der Waals surface area (Å²) in [5, 5.41) is 11.8. The van der Waals surface area contributed by atoms with Crippen molar-refractivity contribution in [1.29, 1.82) is 0 Å². The van der Waals surface area contributed by atoms with Crippen molar-refractivity contribution in [2.24, 2.45) is 0 Å². The standard InChI is InChI=1S/C20H22NO6/c1-11(25-10-22)26-14-4-3-12-9-15-20(24)6-5-13(23)18-19(20,7-8-21(15)2)16(12)17(14)27-18/h3-4,10-11,15,18,24H,2,5-9H2,1H3/q+1/t11?,15-,18+,19+,20?/m1/s1. The molecule has 142 valence electrons. The van der Waals surface area contributed by atoms with Crippen LogP contribution < -0.4 is 9.47 Å². The molecule has 7 heteroatoms. The monoisotopic (exact) mass is 372 g/mol. The average Bonchev–Trinajstić information content (AvgIpc) is 2.99. The zero-order valence-corrected chi connectivity index (χ0v) is 15.1. The summed E-state index contributed by atoms with van der Waals surface area (Å²) < 4.78 is 18.7. The van der Waals surface area contributed by atoms with Crippen LogP contribution in [0.1, 0.15) is 37.3 Å². The van der Waals surface area contributed by atoms with E-state index in [4.69, 9.17) is 14.2 Å². The number of carbonyl (C=O) groups excluding carboxylic acids is 2. The van der Waals surface area contributed by atoms with Crippen LogP contribution in [0.4, 0.5) is 0 Å². The van der Waals surface area contributed by atoms with Crippen LogP contribution in [0.15, 0.2) is 12.1 Å². The van der Waals surface area contributed by atoms with Crippen LogP contribution in [-0.2, 0) is 26.2 Å². The van der Waals surface area contributed by atoms with Gasteiger partial charge in [0.15, 0.2) is 29.4 Å². The second-order valence-corrected chi connectivity index (χ2v) is 7.99. The summed E-state index contributed by atoms with van der Waals surface area (Å²) in [6.45, 7) is 6.77. The molecule has 1 aromatic rings. The molecule has 27 heavy (non-hydrogen) atoms. The molecule has 1 spiro atoms. The van der Waals surface area contributed by atoms with Crippen molar-refractivity contribution < 1.29 is 33.5 Å². The maximum atomic E-state index is 12.8. The number of rotatable bonds is 4. The fraction of sp³-hybridized carbons (Fsp3) is 0.550. The van der Waals surface area contributed by atoms with Crippen molar-refractivity contribution >= 4 is 19.0 Å². The highest BCUT2D eigenvalue weighted by molar-refractivity contribution is 5.90. The molecule has 4 aliphatic rings. The fourth-order valence-corrected chi connectivity index (χ4v) is 5.78. The fourth-order valence-electron chi connectivity index (χ4n) is 5.78. The summed E-state index contributed by atoms with van der Waals surface area (Å²) in [5.41, 5.74) is 0.121. The van der Waals surface area contributed by atoms with E-state index in [-0.39, 0.29) is 18.2 Å². The second-order valence-electron chi connectivity index (χ2n) is 7.99. The smallest absolute Gasteiger partial charge is 0.296 e. The molecule has 1 N–H and O–H groups in total. The normalized spacial score (nSPS) is 36.5. The molecule has 2 bridgehead atoms. The first kappa shape index (κ1) is 16.7. The van der Waals surface area contributed by atoms with E-state index in [1.165, 1.54) is 0 Å². The highest BCUT2D eigenvalue weighted by Gasteiger charge is 2.75. The van der Waals surface area contributed by atoms with Gasteiger partial charge in [0.25, 0.3) is 6.47 Å². The van der Waals surface area contributed by atoms with Crippen LogP contribution >= 0.6 is 0 Å². The van der Waals surface area contributed by atoms with Crippen LogP contribution in [0.3, 0.4) is 0 Å². The minimum Gasteiger partial charge on any atom is -0.477 e. The van der Waals surface area contributed by atoms with Crippen molar-refractivity contribution in [1.82, 2.24) is 0 Å². The van der Waals surface area contributed by atoms with Crippen LogP contribution in [0.25, 0.3) is 0 Å². The zero-order chi connectivity index (χ0) is 19.0. The van der Waals surface area contributed by atoms with E-state index in [9.17, 15) is 14.7 Å². The first-order valence-corrected chi connectivity index (χ1v) is 9.33. The lowest BCUT2D eigenvalue weighted by Crippen LogP contribution is -2.75. The van der Waals surface area contributed by atoms with E-state index in [1.807, 2.05) is 10.6 Å². The number of ketones is 1. The Balaban J connectivity index is 1.71. The van der Waals surface area contributed by atoms with Crippen molar-refractivity contribution in [3.05, 3.63) is 23.3 Å². The molecule has 0 amide bonds. The van der Waals surface area contributed by atoms with Gasteiger partial charge >= 0.3 is 0 Å². The Hall–Kier alpha value is -2.41. The molecule has 1 aromatic carbocycles. The minimum atomic E-state index is -1.06. The number of hydrogen-bond acceptors (Lipinski definition) is 6. The lowest BCUT2D eigenvalue weighted by Gasteiger charge is -2.56. The Morgan fingerprint density at radius 3 is 3.04 bits per heavy atom. The molecule has 7 nitrogen and oxygen atoms in total. The van der Waals surface area contributed by atoms with Gasteiger partial charge in [-0.25, -0.2) is 4.58 Å². The van der Waals surface area contributed by atoms with Crippen molar-refractivity contribution in [2.45, 2.75) is 62.1 Å². The highest BCUT2D eigenvalue weighted by atomic mass is 16.7. The van der Waals surface area contributed by atoms with Gasteiger partial charge in [0.2, 0.25) is 6.29 Å². The largest absolute Gasteiger partial charge is 0.477 e. The van der Waals surface area contributed by atoms with Crippen LogP contribution in [-0.4, -0.2) is 59.2 Å². The predicted octanol–water partition coefficient (Wildman–Crippen LogP) is 0.719. The number of aliphatic hydroxyl groups is 1. The summed E-state index contributed by atoms with van der Waals surface area (Å²) in [4.78, 5) is 23.4. The van der Waals surface area contributed by atoms with Gasteiger partial charge in [0.1, 0.15) is 18.9 Å². The Bertz CT molecular complexity index is 881. The van der Waals surface area contributed by atoms with Gasteiger partial charge in [-0.05, 0) is 18.1 Å². The molecule has 5 rings (SSSR count). The minimum absolute atomic E-state index is 0.0168. The van der Waals surface area contributed by atoms with Gasteiger partial charge in [0, 0.05) is 31.7 Å². The third-order valence-corrected chi connectivity index (χ3v) is 6.89. The number of Topliss-reactive ketones (excluding diaryl/α,β-unsaturated/α-hetero) is 1. The van der Waals surface area contributed by atoms with E-state index in [0.717, 1.165) is 11.1 Å². The van der Waals surface area contributed by atoms with Gasteiger partial charge in [-0.3, -0.25) is 9.59 Å². The van der Waals surface area contributed by atoms with Gasteiger partial charge in [-0.1, -0.05) is 6.07 Å². The first-order chi connectivity index (χ1) is 12.9. The second kappa shape index (κ2) is 5.32. The van der Waals surface area contributed by atoms with Crippen molar-refractivity contribution in [3.8, 4) is 11.5 Å². The lowest BCUT2D eigenvalue weighted by atomic mass is 9.49. The van der Waals surface area contributed by atoms with Crippen molar-refractivity contribution in [3.63, 3.8) is 0 Å². The topological polar surface area (TPSA) is 85.1 Å². The number of nitrogens with zero attached hydrogens (tertiary/aromatic N) is 1. The molecule has 5 atom stereocenters. The summed E-state index contributed by atoms with van der Waals surface area (Å²) in [6, 6.07) is 3.60. The van der Waals surface area contributed by atoms with E-state index >= 15 is 0 Å². The molecule has 2 unspecified atom stereocenters. The summed E-state index contributed by atoms with van der Waals surface area (Å²) in [6.07, 6.45) is 0.453. The Morgan fingerprint density at radius 2 is 2.26 bits per heavy atom. The van der Waals surface area contributed by atoms with E-state index in [0.29, 0.717) is 43.8 Å². The number of piperidine rings is 1. The van der Waals surface area contributed by atoms with Crippen LogP contribution in [0.2, 0.25) is 0 Å². The van der Waals surface area contributed by atoms with E-state index in [2.05, 4.69) is 6.72 Å². The molecule has 2 aliphatic carbocycles. The van der Waals surface area contributed by atoms with Crippen LogP contribution in [0, 0.1) is 0 Å². The summed E-state index contributed by atoms with van der Waals surface area (Å²) in [5.74, 6) is 0.948. The number of hydrogen-bond donors (Lipinski definition) is 1. The number of ether oxygens (including phenoxy) is 3. The predicted molar refractivity (Wildman–Crippen MR) is 93.3 cm³/mol. The Morgan fingerprint density at radius 1 is 1.44 bits per heavy atom. The van der Waals surface area contributed by atoms with Crippen molar-refractivity contribution in [2.75, 3.05) is 6.54 Å². The SMILES string of the molecule is C=[N+]1CC[C@]23c4c5ccc(OC(C)OC=O)c4O[C@H]2C(=O)CCC3(O)[C@H]1C5.